The van der Waals surface area contributed by atoms with Crippen LogP contribution in [0.15, 0.2) is 0 Å². The van der Waals surface area contributed by atoms with Gasteiger partial charge in [0.2, 0.25) is 5.91 Å². The highest BCUT2D eigenvalue weighted by molar-refractivity contribution is 5.78. The second-order valence-electron chi connectivity index (χ2n) is 4.39. The molecule has 0 aromatic carbocycles. The lowest BCUT2D eigenvalue weighted by Gasteiger charge is -2.25. The van der Waals surface area contributed by atoms with Gasteiger partial charge in [0.05, 0.1) is 19.2 Å². The van der Waals surface area contributed by atoms with E-state index in [0.717, 1.165) is 12.8 Å². The fraction of sp³-hybridized carbons (Fsp3) is 0.818. The van der Waals surface area contributed by atoms with Crippen LogP contribution in [0.2, 0.25) is 0 Å². The first kappa shape index (κ1) is 12.0. The Balaban J connectivity index is 2.43. The predicted molar refractivity (Wildman–Crippen MR) is 58.1 cm³/mol. The molecule has 1 fully saturated rings. The van der Waals surface area contributed by atoms with Crippen molar-refractivity contribution in [2.75, 3.05) is 20.1 Å². The summed E-state index contributed by atoms with van der Waals surface area (Å²) in [6.07, 6.45) is 2.25. The average Bonchev–Trinajstić information content (AvgIpc) is 2.98. The second kappa shape index (κ2) is 5.13. The zero-order chi connectivity index (χ0) is 11.4. The summed E-state index contributed by atoms with van der Waals surface area (Å²) in [5, 5.41) is 8.66. The molecule has 0 bridgehead atoms. The monoisotopic (exact) mass is 209 g/mol. The summed E-state index contributed by atoms with van der Waals surface area (Å²) >= 11 is 0. The molecule has 0 aromatic heterocycles. The quantitative estimate of drug-likeness (QED) is 0.630. The van der Waals surface area contributed by atoms with Crippen molar-refractivity contribution in [3.05, 3.63) is 0 Å². The SMILES string of the molecule is CC(C)N(C)C(=O)CN(CC#N)C1CC1. The Morgan fingerprint density at radius 3 is 2.53 bits per heavy atom. The third-order valence-electron chi connectivity index (χ3n) is 2.84. The van der Waals surface area contributed by atoms with Crippen molar-refractivity contribution < 1.29 is 4.79 Å². The number of carbonyl (C=O) groups excluding carboxylic acids is 1. The molecule has 0 unspecified atom stereocenters. The lowest BCUT2D eigenvalue weighted by Crippen LogP contribution is -2.42. The molecule has 1 amide bonds. The molecular weight excluding hydrogens is 190 g/mol. The molecular formula is C11H19N3O. The highest BCUT2D eigenvalue weighted by atomic mass is 16.2. The van der Waals surface area contributed by atoms with Gasteiger partial charge in [0.25, 0.3) is 0 Å². The summed E-state index contributed by atoms with van der Waals surface area (Å²) in [6.45, 7) is 4.72. The third kappa shape index (κ3) is 3.52. The number of amides is 1. The van der Waals surface area contributed by atoms with Crippen molar-refractivity contribution in [3.8, 4) is 6.07 Å². The fourth-order valence-corrected chi connectivity index (χ4v) is 1.42. The molecule has 1 aliphatic rings. The summed E-state index contributed by atoms with van der Waals surface area (Å²) in [4.78, 5) is 15.5. The van der Waals surface area contributed by atoms with E-state index in [0.29, 0.717) is 19.1 Å². The number of rotatable bonds is 5. The number of likely N-dealkylation sites (N-methyl/N-ethyl adjacent to an activating group) is 1. The van der Waals surface area contributed by atoms with Crippen molar-refractivity contribution in [2.24, 2.45) is 0 Å². The maximum Gasteiger partial charge on any atom is 0.236 e. The molecule has 1 rings (SSSR count). The smallest absolute Gasteiger partial charge is 0.236 e. The maximum atomic E-state index is 11.8. The third-order valence-corrected chi connectivity index (χ3v) is 2.84. The molecule has 15 heavy (non-hydrogen) atoms. The Morgan fingerprint density at radius 2 is 2.13 bits per heavy atom. The largest absolute Gasteiger partial charge is 0.342 e. The molecule has 0 aromatic rings. The minimum absolute atomic E-state index is 0.104. The number of nitrogens with zero attached hydrogens (tertiary/aromatic N) is 3. The van der Waals surface area contributed by atoms with E-state index >= 15 is 0 Å². The van der Waals surface area contributed by atoms with Crippen LogP contribution in [-0.2, 0) is 4.79 Å². The van der Waals surface area contributed by atoms with Crippen molar-refractivity contribution in [3.63, 3.8) is 0 Å². The number of hydrogen-bond acceptors (Lipinski definition) is 3. The molecule has 0 aliphatic heterocycles. The first-order valence-corrected chi connectivity index (χ1v) is 5.43. The minimum atomic E-state index is 0.104. The van der Waals surface area contributed by atoms with Gasteiger partial charge < -0.3 is 4.90 Å². The molecule has 84 valence electrons. The van der Waals surface area contributed by atoms with E-state index in [-0.39, 0.29) is 11.9 Å². The van der Waals surface area contributed by atoms with Crippen molar-refractivity contribution in [1.29, 1.82) is 5.26 Å². The van der Waals surface area contributed by atoms with Crippen LogP contribution in [-0.4, -0.2) is 47.9 Å². The molecule has 0 heterocycles. The van der Waals surface area contributed by atoms with Crippen molar-refractivity contribution in [1.82, 2.24) is 9.80 Å². The van der Waals surface area contributed by atoms with Gasteiger partial charge in [-0.15, -0.1) is 0 Å². The van der Waals surface area contributed by atoms with E-state index in [1.54, 1.807) is 4.90 Å². The van der Waals surface area contributed by atoms with Crippen LogP contribution in [0.5, 0.6) is 0 Å². The minimum Gasteiger partial charge on any atom is -0.342 e. The van der Waals surface area contributed by atoms with Crippen LogP contribution >= 0.6 is 0 Å². The molecule has 4 heteroatoms. The molecule has 1 saturated carbocycles. The average molecular weight is 209 g/mol. The predicted octanol–water partition coefficient (Wildman–Crippen LogP) is 0.841. The van der Waals surface area contributed by atoms with Gasteiger partial charge in [-0.2, -0.15) is 5.26 Å². The standard InChI is InChI=1S/C11H19N3O/c1-9(2)13(3)11(15)8-14(7-6-12)10-4-5-10/h9-10H,4-5,7-8H2,1-3H3. The molecule has 0 atom stereocenters. The van der Waals surface area contributed by atoms with Gasteiger partial charge in [-0.3, -0.25) is 9.69 Å². The molecule has 0 N–H and O–H groups in total. The summed E-state index contributed by atoms with van der Waals surface area (Å²) < 4.78 is 0. The normalized spacial score (nSPS) is 15.5. The van der Waals surface area contributed by atoms with Gasteiger partial charge >= 0.3 is 0 Å². The van der Waals surface area contributed by atoms with E-state index in [9.17, 15) is 4.79 Å². The molecule has 4 nitrogen and oxygen atoms in total. The van der Waals surface area contributed by atoms with E-state index < -0.39 is 0 Å². The Kier molecular flexibility index (Phi) is 4.10. The first-order chi connectivity index (χ1) is 7.06. The maximum absolute atomic E-state index is 11.8. The van der Waals surface area contributed by atoms with Gasteiger partial charge in [-0.1, -0.05) is 0 Å². The zero-order valence-electron chi connectivity index (χ0n) is 9.73. The lowest BCUT2D eigenvalue weighted by atomic mass is 10.3. The summed E-state index contributed by atoms with van der Waals surface area (Å²) in [5.74, 6) is 0.104. The van der Waals surface area contributed by atoms with Crippen LogP contribution in [0.4, 0.5) is 0 Å². The van der Waals surface area contributed by atoms with Gasteiger partial charge in [0, 0.05) is 19.1 Å². The number of nitriles is 1. The lowest BCUT2D eigenvalue weighted by molar-refractivity contribution is -0.132. The second-order valence-corrected chi connectivity index (χ2v) is 4.39. The fourth-order valence-electron chi connectivity index (χ4n) is 1.42. The molecule has 0 radical (unpaired) electrons. The number of carbonyl (C=O) groups is 1. The van der Waals surface area contributed by atoms with Crippen LogP contribution < -0.4 is 0 Å². The van der Waals surface area contributed by atoms with E-state index in [1.807, 2.05) is 25.8 Å². The van der Waals surface area contributed by atoms with Gasteiger partial charge in [-0.25, -0.2) is 0 Å². The van der Waals surface area contributed by atoms with Gasteiger partial charge in [0.15, 0.2) is 0 Å². The molecule has 1 aliphatic carbocycles. The highest BCUT2D eigenvalue weighted by Gasteiger charge is 2.30. The van der Waals surface area contributed by atoms with Crippen molar-refractivity contribution in [2.45, 2.75) is 38.8 Å². The Hall–Kier alpha value is -1.08. The van der Waals surface area contributed by atoms with Crippen LogP contribution in [0.1, 0.15) is 26.7 Å². The zero-order valence-corrected chi connectivity index (χ0v) is 9.73. The first-order valence-electron chi connectivity index (χ1n) is 5.43. The number of hydrogen-bond donors (Lipinski definition) is 0. The summed E-state index contributed by atoms with van der Waals surface area (Å²) in [7, 11) is 1.81. The van der Waals surface area contributed by atoms with Gasteiger partial charge in [0.1, 0.15) is 0 Å². The topological polar surface area (TPSA) is 47.3 Å². The molecule has 0 saturated heterocycles. The van der Waals surface area contributed by atoms with Crippen LogP contribution in [0, 0.1) is 11.3 Å². The van der Waals surface area contributed by atoms with Crippen molar-refractivity contribution >= 4 is 5.91 Å². The molecule has 0 spiro atoms. The van der Waals surface area contributed by atoms with E-state index in [4.69, 9.17) is 5.26 Å². The van der Waals surface area contributed by atoms with E-state index in [2.05, 4.69) is 6.07 Å². The van der Waals surface area contributed by atoms with Crippen LogP contribution in [0.3, 0.4) is 0 Å². The Bertz CT molecular complexity index is 265. The Morgan fingerprint density at radius 1 is 1.53 bits per heavy atom. The summed E-state index contributed by atoms with van der Waals surface area (Å²) in [6, 6.07) is 2.81. The highest BCUT2D eigenvalue weighted by Crippen LogP contribution is 2.26. The van der Waals surface area contributed by atoms with Gasteiger partial charge in [-0.05, 0) is 26.7 Å². The van der Waals surface area contributed by atoms with E-state index in [1.165, 1.54) is 0 Å². The van der Waals surface area contributed by atoms with Crippen LogP contribution in [0.25, 0.3) is 0 Å². The summed E-state index contributed by atoms with van der Waals surface area (Å²) in [5.41, 5.74) is 0. The Labute approximate surface area is 91.5 Å².